The summed E-state index contributed by atoms with van der Waals surface area (Å²) >= 11 is 0. The van der Waals surface area contributed by atoms with E-state index in [9.17, 15) is 4.79 Å². The van der Waals surface area contributed by atoms with E-state index in [0.717, 1.165) is 25.6 Å². The number of guanidine groups is 1. The van der Waals surface area contributed by atoms with Gasteiger partial charge in [0.05, 0.1) is 0 Å². The van der Waals surface area contributed by atoms with Crippen molar-refractivity contribution in [2.24, 2.45) is 10.4 Å². The van der Waals surface area contributed by atoms with E-state index in [1.165, 1.54) is 38.5 Å². The molecule has 128 valence electrons. The number of rotatable bonds is 4. The first kappa shape index (κ1) is 19.5. The van der Waals surface area contributed by atoms with Gasteiger partial charge in [0.1, 0.15) is 6.54 Å². The van der Waals surface area contributed by atoms with Crippen LogP contribution in [-0.2, 0) is 4.79 Å². The molecule has 0 unspecified atom stereocenters. The molecule has 2 N–H and O–H groups in total. The van der Waals surface area contributed by atoms with Crippen LogP contribution in [0.25, 0.3) is 0 Å². The summed E-state index contributed by atoms with van der Waals surface area (Å²) in [6.07, 6.45) is 8.14. The highest BCUT2D eigenvalue weighted by molar-refractivity contribution is 14.0. The van der Waals surface area contributed by atoms with Crippen LogP contribution in [0.5, 0.6) is 0 Å². The normalized spacial score (nSPS) is 20.6. The molecule has 1 saturated carbocycles. The van der Waals surface area contributed by atoms with E-state index in [4.69, 9.17) is 0 Å². The molecule has 5 nitrogen and oxygen atoms in total. The minimum Gasteiger partial charge on any atom is -0.357 e. The van der Waals surface area contributed by atoms with E-state index < -0.39 is 0 Å². The fourth-order valence-corrected chi connectivity index (χ4v) is 3.65. The number of aliphatic imine (C=N–C) groups is 1. The molecule has 1 amide bonds. The number of likely N-dealkylation sites (tertiary alicyclic amines) is 1. The fraction of sp³-hybridized carbons (Fsp3) is 0.875. The van der Waals surface area contributed by atoms with Crippen molar-refractivity contribution >= 4 is 35.8 Å². The highest BCUT2D eigenvalue weighted by Crippen LogP contribution is 2.43. The van der Waals surface area contributed by atoms with Crippen LogP contribution in [-0.4, -0.2) is 49.5 Å². The van der Waals surface area contributed by atoms with Gasteiger partial charge in [-0.15, -0.1) is 24.0 Å². The predicted molar refractivity (Wildman–Crippen MR) is 102 cm³/mol. The molecule has 0 aromatic carbocycles. The van der Waals surface area contributed by atoms with Crippen LogP contribution in [0.3, 0.4) is 0 Å². The predicted octanol–water partition coefficient (Wildman–Crippen LogP) is 2.36. The molecule has 22 heavy (non-hydrogen) atoms. The standard InChI is InChI=1S/C16H30N4O.HI/c1-3-17-14(21)12-19-15(18-4-2)20-11-10-16(13-20)8-6-5-7-9-16;/h3-13H2,1-2H3,(H,17,21)(H,18,19);1H. The van der Waals surface area contributed by atoms with Crippen molar-refractivity contribution < 1.29 is 4.79 Å². The number of likely N-dealkylation sites (N-methyl/N-ethyl adjacent to an activating group) is 1. The molecule has 2 aliphatic rings. The van der Waals surface area contributed by atoms with Gasteiger partial charge in [0, 0.05) is 26.2 Å². The Morgan fingerprint density at radius 2 is 1.77 bits per heavy atom. The Labute approximate surface area is 151 Å². The third-order valence-electron chi connectivity index (χ3n) is 4.73. The van der Waals surface area contributed by atoms with Crippen LogP contribution in [0, 0.1) is 5.41 Å². The number of carbonyl (C=O) groups excluding carboxylic acids is 1. The molecule has 6 heteroatoms. The Bertz CT molecular complexity index is 380. The van der Waals surface area contributed by atoms with Gasteiger partial charge in [-0.3, -0.25) is 4.79 Å². The molecule has 1 heterocycles. The van der Waals surface area contributed by atoms with E-state index in [-0.39, 0.29) is 36.4 Å². The van der Waals surface area contributed by atoms with Crippen LogP contribution in [0.15, 0.2) is 4.99 Å². The van der Waals surface area contributed by atoms with E-state index in [1.54, 1.807) is 0 Å². The van der Waals surface area contributed by atoms with Crippen molar-refractivity contribution in [1.29, 1.82) is 0 Å². The lowest BCUT2D eigenvalue weighted by molar-refractivity contribution is -0.119. The van der Waals surface area contributed by atoms with E-state index in [0.29, 0.717) is 12.0 Å². The summed E-state index contributed by atoms with van der Waals surface area (Å²) in [6, 6.07) is 0. The maximum absolute atomic E-state index is 11.6. The Balaban J connectivity index is 0.00000242. The van der Waals surface area contributed by atoms with Crippen LogP contribution < -0.4 is 10.6 Å². The number of amides is 1. The molecule has 2 fully saturated rings. The second kappa shape index (κ2) is 9.57. The number of carbonyl (C=O) groups is 1. The largest absolute Gasteiger partial charge is 0.357 e. The smallest absolute Gasteiger partial charge is 0.241 e. The van der Waals surface area contributed by atoms with Gasteiger partial charge >= 0.3 is 0 Å². The zero-order valence-corrected chi connectivity index (χ0v) is 16.3. The molecular weight excluding hydrogens is 391 g/mol. The van der Waals surface area contributed by atoms with Crippen molar-refractivity contribution in [1.82, 2.24) is 15.5 Å². The van der Waals surface area contributed by atoms with Gasteiger partial charge in [-0.25, -0.2) is 4.99 Å². The SMILES string of the molecule is CCNC(=O)CN=C(NCC)N1CCC2(CCCCC2)C1.I. The molecule has 2 rings (SSSR count). The summed E-state index contributed by atoms with van der Waals surface area (Å²) < 4.78 is 0. The molecular formula is C16H31IN4O. The molecule has 1 aliphatic heterocycles. The second-order valence-electron chi connectivity index (χ2n) is 6.36. The maximum Gasteiger partial charge on any atom is 0.241 e. The highest BCUT2D eigenvalue weighted by atomic mass is 127. The fourth-order valence-electron chi connectivity index (χ4n) is 3.65. The quantitative estimate of drug-likeness (QED) is 0.416. The number of nitrogens with zero attached hydrogens (tertiary/aromatic N) is 2. The average molecular weight is 422 g/mol. The topological polar surface area (TPSA) is 56.7 Å². The summed E-state index contributed by atoms with van der Waals surface area (Å²) in [6.45, 7) is 7.92. The Morgan fingerprint density at radius 1 is 1.09 bits per heavy atom. The number of hydrogen-bond donors (Lipinski definition) is 2. The Hall–Kier alpha value is -0.530. The van der Waals surface area contributed by atoms with Crippen LogP contribution in [0.1, 0.15) is 52.4 Å². The molecule has 1 saturated heterocycles. The van der Waals surface area contributed by atoms with Gasteiger partial charge in [0.25, 0.3) is 0 Å². The van der Waals surface area contributed by atoms with Crippen molar-refractivity contribution in [3.8, 4) is 0 Å². The molecule has 0 aromatic heterocycles. The van der Waals surface area contributed by atoms with Gasteiger partial charge in [0.2, 0.25) is 5.91 Å². The summed E-state index contributed by atoms with van der Waals surface area (Å²) in [7, 11) is 0. The molecule has 1 aliphatic carbocycles. The van der Waals surface area contributed by atoms with Crippen molar-refractivity contribution in [2.75, 3.05) is 32.7 Å². The third kappa shape index (κ3) is 5.28. The van der Waals surface area contributed by atoms with E-state index in [2.05, 4.69) is 27.4 Å². The first-order valence-corrected chi connectivity index (χ1v) is 8.49. The van der Waals surface area contributed by atoms with Crippen molar-refractivity contribution in [3.63, 3.8) is 0 Å². The van der Waals surface area contributed by atoms with Gasteiger partial charge in [0.15, 0.2) is 5.96 Å². The average Bonchev–Trinajstić information content (AvgIpc) is 2.88. The van der Waals surface area contributed by atoms with Gasteiger partial charge in [-0.1, -0.05) is 19.3 Å². The monoisotopic (exact) mass is 422 g/mol. The highest BCUT2D eigenvalue weighted by Gasteiger charge is 2.39. The Morgan fingerprint density at radius 3 is 2.41 bits per heavy atom. The van der Waals surface area contributed by atoms with Gasteiger partial charge in [-0.05, 0) is 38.5 Å². The molecule has 1 spiro atoms. The van der Waals surface area contributed by atoms with Crippen LogP contribution >= 0.6 is 24.0 Å². The van der Waals surface area contributed by atoms with Gasteiger partial charge in [-0.2, -0.15) is 0 Å². The third-order valence-corrected chi connectivity index (χ3v) is 4.73. The first-order chi connectivity index (χ1) is 10.2. The molecule has 0 aromatic rings. The summed E-state index contributed by atoms with van der Waals surface area (Å²) in [4.78, 5) is 18.5. The minimum atomic E-state index is -0.000482. The van der Waals surface area contributed by atoms with E-state index >= 15 is 0 Å². The number of nitrogens with one attached hydrogen (secondary N) is 2. The van der Waals surface area contributed by atoms with Crippen molar-refractivity contribution in [3.05, 3.63) is 0 Å². The summed E-state index contributed by atoms with van der Waals surface area (Å²) in [5.41, 5.74) is 0.514. The zero-order chi connectivity index (χ0) is 15.1. The first-order valence-electron chi connectivity index (χ1n) is 8.49. The molecule has 0 bridgehead atoms. The van der Waals surface area contributed by atoms with Crippen molar-refractivity contribution in [2.45, 2.75) is 52.4 Å². The number of hydrogen-bond acceptors (Lipinski definition) is 2. The van der Waals surface area contributed by atoms with E-state index in [1.807, 2.05) is 6.92 Å². The lowest BCUT2D eigenvalue weighted by Crippen LogP contribution is -2.42. The van der Waals surface area contributed by atoms with Crippen LogP contribution in [0.4, 0.5) is 0 Å². The number of halogens is 1. The van der Waals surface area contributed by atoms with Gasteiger partial charge < -0.3 is 15.5 Å². The van der Waals surface area contributed by atoms with Crippen LogP contribution in [0.2, 0.25) is 0 Å². The minimum absolute atomic E-state index is 0. The molecule has 0 radical (unpaired) electrons. The zero-order valence-electron chi connectivity index (χ0n) is 14.0. The summed E-state index contributed by atoms with van der Waals surface area (Å²) in [5, 5.41) is 6.14. The lowest BCUT2D eigenvalue weighted by atomic mass is 9.73. The lowest BCUT2D eigenvalue weighted by Gasteiger charge is -2.33. The Kier molecular flexibility index (Phi) is 8.49. The second-order valence-corrected chi connectivity index (χ2v) is 6.36. The molecule has 0 atom stereocenters. The maximum atomic E-state index is 11.6. The summed E-state index contributed by atoms with van der Waals surface area (Å²) in [5.74, 6) is 0.908.